The first kappa shape index (κ1) is 16.8. The molecule has 0 saturated heterocycles. The lowest BCUT2D eigenvalue weighted by Gasteiger charge is -2.33. The zero-order chi connectivity index (χ0) is 15.6. The second kappa shape index (κ2) is 7.13. The summed E-state index contributed by atoms with van der Waals surface area (Å²) in [5.41, 5.74) is 0. The molecule has 2 bridgehead atoms. The first-order valence-corrected chi connectivity index (χ1v) is 8.92. The van der Waals surface area contributed by atoms with Gasteiger partial charge in [0.2, 0.25) is 0 Å². The SMILES string of the molecule is CC.CC(OC(=O)C(C)C)OC1CC2CC1C1CCCC21. The highest BCUT2D eigenvalue weighted by Crippen LogP contribution is 2.59. The van der Waals surface area contributed by atoms with Gasteiger partial charge in [-0.25, -0.2) is 0 Å². The normalized spacial score (nSPS) is 37.9. The second-order valence-corrected chi connectivity index (χ2v) is 6.99. The number of carbonyl (C=O) groups excluding carboxylic acids is 1. The summed E-state index contributed by atoms with van der Waals surface area (Å²) < 4.78 is 11.4. The van der Waals surface area contributed by atoms with Crippen LogP contribution < -0.4 is 0 Å². The Kier molecular flexibility index (Phi) is 5.70. The van der Waals surface area contributed by atoms with E-state index < -0.39 is 0 Å². The van der Waals surface area contributed by atoms with Crippen LogP contribution in [0.2, 0.25) is 0 Å². The lowest BCUT2D eigenvalue weighted by atomic mass is 9.80. The maximum Gasteiger partial charge on any atom is 0.310 e. The predicted octanol–water partition coefficient (Wildman–Crippen LogP) is 4.40. The van der Waals surface area contributed by atoms with E-state index in [1.165, 1.54) is 32.1 Å². The summed E-state index contributed by atoms with van der Waals surface area (Å²) in [4.78, 5) is 11.6. The van der Waals surface area contributed by atoms with Gasteiger partial charge in [-0.15, -0.1) is 0 Å². The van der Waals surface area contributed by atoms with Crippen LogP contribution in [0.15, 0.2) is 0 Å². The fraction of sp³-hybridized carbons (Fsp3) is 0.944. The number of rotatable bonds is 4. The summed E-state index contributed by atoms with van der Waals surface area (Å²) in [7, 11) is 0. The molecule has 6 atom stereocenters. The van der Waals surface area contributed by atoms with Gasteiger partial charge in [0.15, 0.2) is 6.29 Å². The molecule has 3 fully saturated rings. The molecule has 3 nitrogen and oxygen atoms in total. The quantitative estimate of drug-likeness (QED) is 0.570. The van der Waals surface area contributed by atoms with Crippen molar-refractivity contribution in [2.24, 2.45) is 29.6 Å². The third-order valence-corrected chi connectivity index (χ3v) is 5.49. The van der Waals surface area contributed by atoms with Crippen LogP contribution in [0.25, 0.3) is 0 Å². The Hall–Kier alpha value is -0.570. The molecule has 3 rings (SSSR count). The van der Waals surface area contributed by atoms with E-state index in [0.717, 1.165) is 23.7 Å². The lowest BCUT2D eigenvalue weighted by Crippen LogP contribution is -2.34. The topological polar surface area (TPSA) is 35.5 Å². The molecule has 0 aromatic rings. The number of hydrogen-bond acceptors (Lipinski definition) is 3. The molecule has 0 N–H and O–H groups in total. The zero-order valence-electron chi connectivity index (χ0n) is 14.3. The van der Waals surface area contributed by atoms with Crippen molar-refractivity contribution in [1.29, 1.82) is 0 Å². The van der Waals surface area contributed by atoms with Crippen LogP contribution in [0.1, 0.15) is 66.7 Å². The Morgan fingerprint density at radius 2 is 1.67 bits per heavy atom. The van der Waals surface area contributed by atoms with E-state index in [0.29, 0.717) is 6.10 Å². The summed E-state index contributed by atoms with van der Waals surface area (Å²) in [6.45, 7) is 9.57. The van der Waals surface area contributed by atoms with Crippen LogP contribution >= 0.6 is 0 Å². The summed E-state index contributed by atoms with van der Waals surface area (Å²) in [5.74, 6) is 3.27. The van der Waals surface area contributed by atoms with Crippen molar-refractivity contribution in [1.82, 2.24) is 0 Å². The van der Waals surface area contributed by atoms with E-state index in [2.05, 4.69) is 0 Å². The minimum atomic E-state index is -0.390. The minimum absolute atomic E-state index is 0.0784. The average molecular weight is 296 g/mol. The molecule has 21 heavy (non-hydrogen) atoms. The molecule has 0 aromatic heterocycles. The Labute approximate surface area is 129 Å². The monoisotopic (exact) mass is 296 g/mol. The van der Waals surface area contributed by atoms with Crippen molar-refractivity contribution in [3.63, 3.8) is 0 Å². The van der Waals surface area contributed by atoms with Crippen molar-refractivity contribution in [2.75, 3.05) is 0 Å². The van der Waals surface area contributed by atoms with Gasteiger partial charge >= 0.3 is 5.97 Å². The highest BCUT2D eigenvalue weighted by molar-refractivity contribution is 5.71. The van der Waals surface area contributed by atoms with Crippen LogP contribution in [0, 0.1) is 29.6 Å². The molecule has 0 aromatic carbocycles. The van der Waals surface area contributed by atoms with E-state index in [9.17, 15) is 4.79 Å². The summed E-state index contributed by atoms with van der Waals surface area (Å²) in [5, 5.41) is 0. The van der Waals surface area contributed by atoms with E-state index in [-0.39, 0.29) is 18.2 Å². The Morgan fingerprint density at radius 3 is 2.33 bits per heavy atom. The van der Waals surface area contributed by atoms with Crippen molar-refractivity contribution in [3.8, 4) is 0 Å². The largest absolute Gasteiger partial charge is 0.436 e. The van der Waals surface area contributed by atoms with E-state index in [1.54, 1.807) is 0 Å². The molecular weight excluding hydrogens is 264 g/mol. The zero-order valence-corrected chi connectivity index (χ0v) is 14.3. The maximum absolute atomic E-state index is 11.6. The second-order valence-electron chi connectivity index (χ2n) is 6.99. The third-order valence-electron chi connectivity index (χ3n) is 5.49. The first-order chi connectivity index (χ1) is 10.1. The molecule has 3 heteroatoms. The van der Waals surface area contributed by atoms with Crippen LogP contribution in [0.5, 0.6) is 0 Å². The standard InChI is InChI=1S/C16H26O3.C2H6/c1-9(2)16(17)19-10(3)18-15-8-11-7-14(15)13-6-4-5-12(11)13;1-2/h9-15H,4-8H2,1-3H3;1-2H3. The van der Waals surface area contributed by atoms with Gasteiger partial charge in [0, 0.05) is 0 Å². The van der Waals surface area contributed by atoms with E-state index in [1.807, 2.05) is 34.6 Å². The van der Waals surface area contributed by atoms with E-state index >= 15 is 0 Å². The van der Waals surface area contributed by atoms with Crippen LogP contribution in [-0.2, 0) is 14.3 Å². The summed E-state index contributed by atoms with van der Waals surface area (Å²) >= 11 is 0. The van der Waals surface area contributed by atoms with Crippen LogP contribution in [0.4, 0.5) is 0 Å². The van der Waals surface area contributed by atoms with Crippen molar-refractivity contribution >= 4 is 5.97 Å². The number of fused-ring (bicyclic) bond motifs is 5. The Morgan fingerprint density at radius 1 is 1.00 bits per heavy atom. The number of hydrogen-bond donors (Lipinski definition) is 0. The van der Waals surface area contributed by atoms with E-state index in [4.69, 9.17) is 9.47 Å². The van der Waals surface area contributed by atoms with Crippen molar-refractivity contribution in [2.45, 2.75) is 79.1 Å². The third kappa shape index (κ3) is 3.44. The minimum Gasteiger partial charge on any atom is -0.436 e. The molecule has 0 heterocycles. The van der Waals surface area contributed by atoms with Gasteiger partial charge in [0.05, 0.1) is 12.0 Å². The Balaban J connectivity index is 0.000000774. The number of esters is 1. The molecule has 3 saturated carbocycles. The molecule has 0 amide bonds. The Bertz CT molecular complexity index is 352. The van der Waals surface area contributed by atoms with Gasteiger partial charge in [0.25, 0.3) is 0 Å². The fourth-order valence-electron chi connectivity index (χ4n) is 4.74. The number of carbonyl (C=O) groups is 1. The van der Waals surface area contributed by atoms with Crippen LogP contribution in [-0.4, -0.2) is 18.4 Å². The number of ether oxygens (including phenoxy) is 2. The maximum atomic E-state index is 11.6. The van der Waals surface area contributed by atoms with Crippen molar-refractivity contribution < 1.29 is 14.3 Å². The molecule has 0 spiro atoms. The summed E-state index contributed by atoms with van der Waals surface area (Å²) in [6, 6.07) is 0. The first-order valence-electron chi connectivity index (χ1n) is 8.92. The molecule has 6 unspecified atom stereocenters. The van der Waals surface area contributed by atoms with Gasteiger partial charge < -0.3 is 9.47 Å². The molecule has 3 aliphatic rings. The van der Waals surface area contributed by atoms with Gasteiger partial charge in [0.1, 0.15) is 0 Å². The highest BCUT2D eigenvalue weighted by Gasteiger charge is 2.54. The van der Waals surface area contributed by atoms with Crippen molar-refractivity contribution in [3.05, 3.63) is 0 Å². The molecular formula is C18H32O3. The van der Waals surface area contributed by atoms with Crippen LogP contribution in [0.3, 0.4) is 0 Å². The molecule has 0 radical (unpaired) electrons. The molecule has 122 valence electrons. The smallest absolute Gasteiger partial charge is 0.310 e. The van der Waals surface area contributed by atoms with Gasteiger partial charge in [-0.05, 0) is 56.3 Å². The molecule has 3 aliphatic carbocycles. The lowest BCUT2D eigenvalue weighted by molar-refractivity contribution is -0.195. The van der Waals surface area contributed by atoms with Gasteiger partial charge in [-0.2, -0.15) is 0 Å². The van der Waals surface area contributed by atoms with Gasteiger partial charge in [-0.3, -0.25) is 4.79 Å². The summed E-state index contributed by atoms with van der Waals surface area (Å²) in [6.07, 6.45) is 6.73. The average Bonchev–Trinajstić information content (AvgIpc) is 3.12. The van der Waals surface area contributed by atoms with Gasteiger partial charge in [-0.1, -0.05) is 34.1 Å². The predicted molar refractivity (Wildman–Crippen MR) is 83.7 cm³/mol. The highest BCUT2D eigenvalue weighted by atomic mass is 16.7. The fourth-order valence-corrected chi connectivity index (χ4v) is 4.74. The molecule has 0 aliphatic heterocycles.